The van der Waals surface area contributed by atoms with Crippen LogP contribution in [0.2, 0.25) is 0 Å². The third kappa shape index (κ3) is 20.5. The summed E-state index contributed by atoms with van der Waals surface area (Å²) in [5, 5.41) is 93.2. The fraction of sp³-hybridized carbons (Fsp3) is 0.470. The number of hydrogen-bond donors (Lipinski definition) is 9. The molecule has 4 aliphatic rings. The molecule has 0 aliphatic heterocycles. The Balaban J connectivity index is 0.000000175. The number of nitriles is 4. The van der Waals surface area contributed by atoms with Crippen LogP contribution in [-0.4, -0.2) is 121 Å². The van der Waals surface area contributed by atoms with Crippen LogP contribution in [0.4, 0.5) is 51.4 Å². The molecule has 0 saturated heterocycles. The number of aromatic amines is 1. The molecule has 0 spiro atoms. The van der Waals surface area contributed by atoms with E-state index in [2.05, 4.69) is 168 Å². The van der Waals surface area contributed by atoms with E-state index in [0.29, 0.717) is 110 Å². The van der Waals surface area contributed by atoms with Gasteiger partial charge in [-0.3, -0.25) is 4.98 Å². The average Bonchev–Trinajstić information content (AvgIpc) is 0.735. The Morgan fingerprint density at radius 3 is 1.53 bits per heavy atom. The highest BCUT2D eigenvalue weighted by molar-refractivity contribution is 5.63. The number of rotatable bonds is 23. The summed E-state index contributed by atoms with van der Waals surface area (Å²) >= 11 is 0. The van der Waals surface area contributed by atoms with Crippen LogP contribution in [0.1, 0.15) is 193 Å². The zero-order valence-corrected chi connectivity index (χ0v) is 65.7. The molecule has 1 aromatic carbocycles. The molecule has 0 amide bonds. The maximum atomic E-state index is 13.8. The normalized spacial score (nSPS) is 20.8. The number of pyridine rings is 2. The lowest BCUT2D eigenvalue weighted by Crippen LogP contribution is -2.59. The van der Waals surface area contributed by atoms with Gasteiger partial charge in [0.1, 0.15) is 65.5 Å². The number of aromatic nitrogens is 14. The summed E-state index contributed by atoms with van der Waals surface area (Å²) in [6, 6.07) is 18.8. The summed E-state index contributed by atoms with van der Waals surface area (Å²) in [6.45, 7) is 23.6. The first-order valence-electron chi connectivity index (χ1n) is 37.5. The number of aliphatic hydroxyl groups is 4. The zero-order chi connectivity index (χ0) is 82.7. The van der Waals surface area contributed by atoms with Gasteiger partial charge in [0.2, 0.25) is 17.8 Å². The topological polar surface area (TPSA) is 418 Å². The Morgan fingerprint density at radius 2 is 1.03 bits per heavy atom. The van der Waals surface area contributed by atoms with E-state index < -0.39 is 35.5 Å². The van der Waals surface area contributed by atoms with Gasteiger partial charge in [0.05, 0.1) is 82.5 Å². The minimum atomic E-state index is -4.47. The lowest BCUT2D eigenvalue weighted by molar-refractivity contribution is -0.379. The van der Waals surface area contributed by atoms with Crippen molar-refractivity contribution in [2.45, 2.75) is 216 Å². The fourth-order valence-electron chi connectivity index (χ4n) is 14.0. The molecule has 4 fully saturated rings. The van der Waals surface area contributed by atoms with Crippen LogP contribution >= 0.6 is 0 Å². The predicted octanol–water partition coefficient (Wildman–Crippen LogP) is 12.5. The van der Waals surface area contributed by atoms with E-state index in [1.807, 2.05) is 52.8 Å². The standard InChI is InChI=1S/C24H26N6O.C20H23F2N5O.C20H26N6O.C18H19F3N6O.CH4/c1-15-4-6-16(7-5-15)22-18(11-26-14-29-22)13-28-23-27-12-17(10-25)20(30-23)8-19-9-21(31)24(19,2)3;1-19(2)15(8-16(19)28)26-18-13(9-23)11-25-17(27-18)5-4-12-10-24-7-6-14(12)20(3,21)22;1-5-16-14(9-22-12-25-16)11-24-18-23-10-13(8-21)17(26-18)6-15-7-20(4,27)19(15,2)3;1-17(2)13(5-14(17)28)26-15-10(6-22)8-24-16(27-15)25-9-11-7-23-4-3-12(11)18(19,20)21;/h4-7,11-12,14,19,21,31H,8-9,13H2,1-3H3,(H,27,28,30);6-7,10-11,15-16,28H,4-5,8H2,1-3H3,(H,25,26,27);9-10,12,15,27H,5-7,11H2,1-4H3,(H,23,24,26);3-4,7-8,13-14,28H,5,9H2,1-2H3,(H2,24,25,26,27);1H4/p+1/t19-,21+;15-,16-;;13-,14+;/m00.0./s1. The monoisotopic (exact) mass is 1580 g/mol. The highest BCUT2D eigenvalue weighted by atomic mass is 19.4. The molecule has 8 aromatic heterocycles. The maximum Gasteiger partial charge on any atom is 0.417 e. The van der Waals surface area contributed by atoms with Gasteiger partial charge in [0.25, 0.3) is 5.92 Å². The van der Waals surface area contributed by atoms with Gasteiger partial charge in [-0.25, -0.2) is 68.6 Å². The van der Waals surface area contributed by atoms with E-state index in [0.717, 1.165) is 59.6 Å². The van der Waals surface area contributed by atoms with E-state index in [9.17, 15) is 63.4 Å². The Kier molecular flexibility index (Phi) is 27.6. The minimum Gasteiger partial charge on any atom is -0.393 e. The van der Waals surface area contributed by atoms with E-state index >= 15 is 0 Å². The van der Waals surface area contributed by atoms with Gasteiger partial charge in [-0.15, -0.1) is 0 Å². The van der Waals surface area contributed by atoms with Gasteiger partial charge in [0, 0.05) is 120 Å². The number of H-pyrrole nitrogens is 1. The molecule has 9 aromatic rings. The molecule has 8 atom stereocenters. The number of halogens is 5. The fourth-order valence-corrected chi connectivity index (χ4v) is 14.0. The van der Waals surface area contributed by atoms with Gasteiger partial charge in [-0.1, -0.05) is 99.6 Å². The van der Waals surface area contributed by atoms with Crippen molar-refractivity contribution in [1.82, 2.24) is 64.8 Å². The number of aryl methyl sites for hydroxylation is 4. The van der Waals surface area contributed by atoms with E-state index in [1.165, 1.54) is 48.8 Å². The van der Waals surface area contributed by atoms with E-state index in [1.54, 1.807) is 37.4 Å². The van der Waals surface area contributed by atoms with E-state index in [4.69, 9.17) is 0 Å². The Hall–Kier alpha value is -11.6. The van der Waals surface area contributed by atoms with Gasteiger partial charge in [0.15, 0.2) is 12.4 Å². The molecule has 115 heavy (non-hydrogen) atoms. The highest BCUT2D eigenvalue weighted by Crippen LogP contribution is 2.55. The van der Waals surface area contributed by atoms with Crippen LogP contribution in [0.15, 0.2) is 111 Å². The quantitative estimate of drug-likeness (QED) is 0.0269. The molecule has 604 valence electrons. The van der Waals surface area contributed by atoms with Gasteiger partial charge in [-0.05, 0) is 99.5 Å². The SMILES string of the molecule is C.CC(F)(F)c1ccncc1CCc1ncc(C#N)c(N[C@H]2C[C@H](O)C2(C)C)n1.CC1(C)[C@H](O)C[C@@H]1Nc1nc(NCc2c[nH+]ccc2C(F)(F)F)ncc1C#N.CCc1ncncc1CNc1ncc(C#N)c(CC2CC(C)(O)C2(C)C)n1.Cc1ccc(-c2ncncc2CNc2ncc(C#N)c(C[C@H]3C[C@@H](O)C3(C)C)n2)cc1. The summed E-state index contributed by atoms with van der Waals surface area (Å²) < 4.78 is 66.8. The van der Waals surface area contributed by atoms with Gasteiger partial charge >= 0.3 is 6.18 Å². The number of benzene rings is 1. The number of aliphatic hydroxyl groups excluding tert-OH is 3. The Labute approximate surface area is 666 Å². The molecule has 4 aliphatic carbocycles. The van der Waals surface area contributed by atoms with Crippen molar-refractivity contribution in [3.63, 3.8) is 0 Å². The first kappa shape index (κ1) is 87.4. The maximum absolute atomic E-state index is 13.8. The molecule has 13 rings (SSSR count). The third-order valence-corrected chi connectivity index (χ3v) is 23.1. The van der Waals surface area contributed by atoms with Crippen molar-refractivity contribution >= 4 is 29.5 Å². The summed E-state index contributed by atoms with van der Waals surface area (Å²) in [6.07, 6.45) is 17.5. The second-order valence-electron chi connectivity index (χ2n) is 31.8. The summed E-state index contributed by atoms with van der Waals surface area (Å²) in [7, 11) is 0. The Bertz CT molecular complexity index is 4900. The summed E-state index contributed by atoms with van der Waals surface area (Å²) in [5.41, 5.74) is 6.82. The van der Waals surface area contributed by atoms with Crippen molar-refractivity contribution < 1.29 is 47.4 Å². The van der Waals surface area contributed by atoms with Crippen LogP contribution in [-0.2, 0) is 63.8 Å². The lowest BCUT2D eigenvalue weighted by Gasteiger charge is -2.57. The molecular weight excluding hydrogens is 1480 g/mol. The smallest absolute Gasteiger partial charge is 0.393 e. The molecule has 0 radical (unpaired) electrons. The number of nitrogens with one attached hydrogen (secondary N) is 6. The van der Waals surface area contributed by atoms with Crippen molar-refractivity contribution in [3.05, 3.63) is 195 Å². The molecule has 0 bridgehead atoms. The van der Waals surface area contributed by atoms with Crippen molar-refractivity contribution in [2.75, 3.05) is 26.6 Å². The van der Waals surface area contributed by atoms with Crippen LogP contribution in [0.25, 0.3) is 11.3 Å². The number of alkyl halides is 5. The first-order valence-corrected chi connectivity index (χ1v) is 37.5. The third-order valence-electron chi connectivity index (χ3n) is 23.1. The van der Waals surface area contributed by atoms with Crippen molar-refractivity contribution in [2.24, 2.45) is 33.5 Å². The molecule has 10 N–H and O–H groups in total. The van der Waals surface area contributed by atoms with Crippen molar-refractivity contribution in [3.8, 4) is 35.5 Å². The van der Waals surface area contributed by atoms with Crippen LogP contribution in [0.3, 0.4) is 0 Å². The van der Waals surface area contributed by atoms with Crippen LogP contribution < -0.4 is 31.6 Å². The predicted molar refractivity (Wildman–Crippen MR) is 420 cm³/mol. The molecule has 32 heteroatoms. The van der Waals surface area contributed by atoms with Gasteiger partial charge < -0.3 is 47.0 Å². The van der Waals surface area contributed by atoms with Crippen LogP contribution in [0, 0.1) is 85.7 Å². The zero-order valence-electron chi connectivity index (χ0n) is 65.7. The van der Waals surface area contributed by atoms with E-state index in [-0.39, 0.29) is 94.1 Å². The minimum absolute atomic E-state index is 0. The second-order valence-corrected chi connectivity index (χ2v) is 31.8. The summed E-state index contributed by atoms with van der Waals surface area (Å²) in [4.78, 5) is 58.2. The first-order chi connectivity index (χ1) is 53.9. The van der Waals surface area contributed by atoms with Gasteiger partial charge in [-0.2, -0.15) is 39.2 Å². The second kappa shape index (κ2) is 36.3. The molecule has 2 unspecified atom stereocenters. The lowest BCUT2D eigenvalue weighted by atomic mass is 9.51. The molecule has 27 nitrogen and oxygen atoms in total. The van der Waals surface area contributed by atoms with Crippen molar-refractivity contribution in [1.29, 1.82) is 21.0 Å². The Morgan fingerprint density at radius 1 is 0.530 bits per heavy atom. The number of nitrogens with zero attached hydrogens (tertiary/aromatic N) is 17. The molecular formula is C83H99F5N23O4+. The number of hydrogen-bond acceptors (Lipinski definition) is 26. The number of anilines is 5. The summed E-state index contributed by atoms with van der Waals surface area (Å²) in [5.74, 6) is -0.212. The largest absolute Gasteiger partial charge is 0.417 e. The van der Waals surface area contributed by atoms with Crippen LogP contribution in [0.5, 0.6) is 0 Å². The average molecular weight is 1580 g/mol. The highest BCUT2D eigenvalue weighted by Gasteiger charge is 2.56. The molecule has 4 saturated carbocycles. The molecule has 8 heterocycles.